The first-order valence-electron chi connectivity index (χ1n) is 4.63. The van der Waals surface area contributed by atoms with E-state index in [1.165, 1.54) is 6.92 Å². The zero-order chi connectivity index (χ0) is 10.4. The van der Waals surface area contributed by atoms with Crippen molar-refractivity contribution in [3.8, 4) is 0 Å². The first kappa shape index (κ1) is 12.8. The van der Waals surface area contributed by atoms with Crippen LogP contribution in [0.2, 0.25) is 0 Å². The number of alkyl halides is 2. The minimum absolute atomic E-state index is 0.240. The number of aliphatic hydroxyl groups is 1. The van der Waals surface area contributed by atoms with Gasteiger partial charge in [0, 0.05) is 6.54 Å². The summed E-state index contributed by atoms with van der Waals surface area (Å²) in [5.74, 6) is 0.388. The summed E-state index contributed by atoms with van der Waals surface area (Å²) in [7, 11) is 0. The van der Waals surface area contributed by atoms with Gasteiger partial charge < -0.3 is 10.4 Å². The molecule has 0 saturated carbocycles. The van der Waals surface area contributed by atoms with E-state index < -0.39 is 18.6 Å². The number of aliphatic hydroxyl groups excluding tert-OH is 1. The molecule has 0 fully saturated rings. The fourth-order valence-electron chi connectivity index (χ4n) is 1.04. The number of halogens is 2. The average Bonchev–Trinajstić information content (AvgIpc) is 1.98. The van der Waals surface area contributed by atoms with Crippen LogP contribution in [0, 0.1) is 5.92 Å². The van der Waals surface area contributed by atoms with Gasteiger partial charge in [-0.2, -0.15) is 0 Å². The molecule has 0 aliphatic carbocycles. The third-order valence-corrected chi connectivity index (χ3v) is 1.80. The molecule has 2 nitrogen and oxygen atoms in total. The van der Waals surface area contributed by atoms with Crippen LogP contribution in [0.1, 0.15) is 27.2 Å². The monoisotopic (exact) mass is 195 g/mol. The standard InChI is InChI=1S/C9H19F2NO/c1-6(2)4-8(13)5-12-7(3)9(10)11/h6-9,12-13H,4-5H2,1-3H3. The summed E-state index contributed by atoms with van der Waals surface area (Å²) in [5, 5.41) is 11.9. The predicted octanol–water partition coefficient (Wildman–Crippen LogP) is 1.64. The number of hydrogen-bond donors (Lipinski definition) is 2. The van der Waals surface area contributed by atoms with Crippen molar-refractivity contribution in [2.24, 2.45) is 5.92 Å². The lowest BCUT2D eigenvalue weighted by atomic mass is 10.1. The van der Waals surface area contributed by atoms with Crippen molar-refractivity contribution in [3.05, 3.63) is 0 Å². The molecule has 2 unspecified atom stereocenters. The molecule has 0 saturated heterocycles. The SMILES string of the molecule is CC(C)CC(O)CNC(C)C(F)F. The normalized spacial score (nSPS) is 16.6. The lowest BCUT2D eigenvalue weighted by molar-refractivity contribution is 0.0885. The van der Waals surface area contributed by atoms with Crippen LogP contribution in [0.4, 0.5) is 8.78 Å². The molecular weight excluding hydrogens is 176 g/mol. The maximum atomic E-state index is 12.0. The van der Waals surface area contributed by atoms with E-state index in [0.29, 0.717) is 12.3 Å². The molecule has 4 heteroatoms. The minimum atomic E-state index is -2.37. The molecule has 0 amide bonds. The number of nitrogens with one attached hydrogen (secondary N) is 1. The molecule has 13 heavy (non-hydrogen) atoms. The molecule has 2 atom stereocenters. The second-order valence-electron chi connectivity index (χ2n) is 3.81. The molecule has 80 valence electrons. The molecule has 0 bridgehead atoms. The van der Waals surface area contributed by atoms with Crippen LogP contribution in [-0.4, -0.2) is 30.2 Å². The van der Waals surface area contributed by atoms with Crippen molar-refractivity contribution in [2.75, 3.05) is 6.54 Å². The van der Waals surface area contributed by atoms with E-state index in [1.807, 2.05) is 13.8 Å². The van der Waals surface area contributed by atoms with E-state index in [2.05, 4.69) is 5.32 Å². The van der Waals surface area contributed by atoms with Gasteiger partial charge in [0.15, 0.2) is 0 Å². The summed E-state index contributed by atoms with van der Waals surface area (Å²) in [6.07, 6.45) is -2.25. The molecule has 0 aromatic carbocycles. The Hall–Kier alpha value is -0.220. The quantitative estimate of drug-likeness (QED) is 0.675. The Balaban J connectivity index is 3.51. The zero-order valence-electron chi connectivity index (χ0n) is 8.43. The highest BCUT2D eigenvalue weighted by Gasteiger charge is 2.15. The van der Waals surface area contributed by atoms with E-state index in [-0.39, 0.29) is 6.54 Å². The van der Waals surface area contributed by atoms with Gasteiger partial charge in [-0.3, -0.25) is 0 Å². The van der Waals surface area contributed by atoms with Crippen LogP contribution >= 0.6 is 0 Å². The first-order chi connectivity index (χ1) is 5.93. The first-order valence-corrected chi connectivity index (χ1v) is 4.63. The topological polar surface area (TPSA) is 32.3 Å². The average molecular weight is 195 g/mol. The van der Waals surface area contributed by atoms with Crippen molar-refractivity contribution >= 4 is 0 Å². The maximum Gasteiger partial charge on any atom is 0.253 e. The molecule has 2 N–H and O–H groups in total. The number of hydrogen-bond acceptors (Lipinski definition) is 2. The van der Waals surface area contributed by atoms with Crippen LogP contribution in [0.3, 0.4) is 0 Å². The summed E-state index contributed by atoms with van der Waals surface area (Å²) < 4.78 is 24.0. The molecule has 0 radical (unpaired) electrons. The summed E-state index contributed by atoms with van der Waals surface area (Å²) >= 11 is 0. The van der Waals surface area contributed by atoms with E-state index in [4.69, 9.17) is 0 Å². The van der Waals surface area contributed by atoms with Gasteiger partial charge in [-0.05, 0) is 19.3 Å². The smallest absolute Gasteiger partial charge is 0.253 e. The van der Waals surface area contributed by atoms with Crippen LogP contribution in [0.5, 0.6) is 0 Å². The summed E-state index contributed by atoms with van der Waals surface area (Å²) in [4.78, 5) is 0. The highest BCUT2D eigenvalue weighted by atomic mass is 19.3. The van der Waals surface area contributed by atoms with E-state index in [1.54, 1.807) is 0 Å². The van der Waals surface area contributed by atoms with Crippen LogP contribution in [0.15, 0.2) is 0 Å². The second-order valence-corrected chi connectivity index (χ2v) is 3.81. The van der Waals surface area contributed by atoms with Gasteiger partial charge in [-0.1, -0.05) is 13.8 Å². The van der Waals surface area contributed by atoms with Gasteiger partial charge in [0.1, 0.15) is 0 Å². The van der Waals surface area contributed by atoms with Crippen molar-refractivity contribution < 1.29 is 13.9 Å². The Kier molecular flexibility index (Phi) is 6.16. The Morgan fingerprint density at radius 3 is 2.15 bits per heavy atom. The van der Waals surface area contributed by atoms with E-state index in [0.717, 1.165) is 0 Å². The summed E-state index contributed by atoms with van der Waals surface area (Å²) in [6.45, 7) is 5.62. The van der Waals surface area contributed by atoms with E-state index >= 15 is 0 Å². The van der Waals surface area contributed by atoms with Gasteiger partial charge in [0.05, 0.1) is 12.1 Å². The number of rotatable bonds is 6. The van der Waals surface area contributed by atoms with Crippen LogP contribution in [0.25, 0.3) is 0 Å². The molecule has 0 aromatic heterocycles. The molecule has 0 spiro atoms. The predicted molar refractivity (Wildman–Crippen MR) is 48.9 cm³/mol. The van der Waals surface area contributed by atoms with Gasteiger partial charge >= 0.3 is 0 Å². The molecule has 0 aliphatic rings. The van der Waals surface area contributed by atoms with Gasteiger partial charge in [0.2, 0.25) is 0 Å². The Morgan fingerprint density at radius 2 is 1.77 bits per heavy atom. The van der Waals surface area contributed by atoms with Crippen molar-refractivity contribution in [2.45, 2.75) is 45.8 Å². The van der Waals surface area contributed by atoms with Crippen molar-refractivity contribution in [3.63, 3.8) is 0 Å². The fourth-order valence-corrected chi connectivity index (χ4v) is 1.04. The summed E-state index contributed by atoms with van der Waals surface area (Å²) in [5.41, 5.74) is 0. The second kappa shape index (κ2) is 6.27. The molecular formula is C9H19F2NO. The lowest BCUT2D eigenvalue weighted by Gasteiger charge is -2.17. The molecule has 0 aromatic rings. The summed E-state index contributed by atoms with van der Waals surface area (Å²) in [6, 6.07) is -0.846. The Bertz CT molecular complexity index is 131. The van der Waals surface area contributed by atoms with E-state index in [9.17, 15) is 13.9 Å². The van der Waals surface area contributed by atoms with Gasteiger partial charge in [-0.25, -0.2) is 8.78 Å². The van der Waals surface area contributed by atoms with Crippen molar-refractivity contribution in [1.29, 1.82) is 0 Å². The van der Waals surface area contributed by atoms with Gasteiger partial charge in [0.25, 0.3) is 6.43 Å². The molecule has 0 aliphatic heterocycles. The maximum absolute atomic E-state index is 12.0. The van der Waals surface area contributed by atoms with Crippen molar-refractivity contribution in [1.82, 2.24) is 5.32 Å². The van der Waals surface area contributed by atoms with Crippen LogP contribution in [-0.2, 0) is 0 Å². The Labute approximate surface area is 78.3 Å². The molecule has 0 heterocycles. The zero-order valence-corrected chi connectivity index (χ0v) is 8.43. The highest BCUT2D eigenvalue weighted by Crippen LogP contribution is 2.05. The third-order valence-electron chi connectivity index (χ3n) is 1.80. The highest BCUT2D eigenvalue weighted by molar-refractivity contribution is 4.67. The fraction of sp³-hybridized carbons (Fsp3) is 1.00. The van der Waals surface area contributed by atoms with Crippen LogP contribution < -0.4 is 5.32 Å². The van der Waals surface area contributed by atoms with Gasteiger partial charge in [-0.15, -0.1) is 0 Å². The Morgan fingerprint density at radius 1 is 1.23 bits per heavy atom. The molecule has 0 rings (SSSR count). The largest absolute Gasteiger partial charge is 0.392 e. The third kappa shape index (κ3) is 6.90. The minimum Gasteiger partial charge on any atom is -0.392 e. The lowest BCUT2D eigenvalue weighted by Crippen LogP contribution is -2.38.